The SMILES string of the molecule is O=C(COC(=O)c1cccc([N+](=O)[O-])c1)NCC12CC3CC(CC(C3)C1)C2. The van der Waals surface area contributed by atoms with Crippen LogP contribution in [0.4, 0.5) is 5.69 Å². The van der Waals surface area contributed by atoms with E-state index in [1.54, 1.807) is 0 Å². The van der Waals surface area contributed by atoms with Crippen LogP contribution in [0.3, 0.4) is 0 Å². The number of nitrogens with one attached hydrogen (secondary N) is 1. The molecule has 0 aromatic heterocycles. The molecule has 0 unspecified atom stereocenters. The molecule has 144 valence electrons. The number of non-ortho nitro benzene ring substituents is 1. The van der Waals surface area contributed by atoms with Crippen LogP contribution in [0.1, 0.15) is 48.9 Å². The molecule has 0 heterocycles. The van der Waals surface area contributed by atoms with Crippen molar-refractivity contribution >= 4 is 17.6 Å². The van der Waals surface area contributed by atoms with Gasteiger partial charge in [-0.1, -0.05) is 6.07 Å². The lowest BCUT2D eigenvalue weighted by molar-refractivity contribution is -0.384. The first-order valence-corrected chi connectivity index (χ1v) is 9.61. The highest BCUT2D eigenvalue weighted by atomic mass is 16.6. The maximum absolute atomic E-state index is 12.2. The molecule has 5 rings (SSSR count). The summed E-state index contributed by atoms with van der Waals surface area (Å²) in [4.78, 5) is 34.4. The Hall–Kier alpha value is -2.44. The molecule has 4 bridgehead atoms. The van der Waals surface area contributed by atoms with Crippen LogP contribution in [-0.2, 0) is 9.53 Å². The summed E-state index contributed by atoms with van der Waals surface area (Å²) in [5.74, 6) is 1.41. The molecular weight excluding hydrogens is 348 g/mol. The van der Waals surface area contributed by atoms with Crippen molar-refractivity contribution in [2.75, 3.05) is 13.2 Å². The number of esters is 1. The first-order valence-electron chi connectivity index (χ1n) is 9.61. The van der Waals surface area contributed by atoms with Gasteiger partial charge in [-0.15, -0.1) is 0 Å². The molecule has 1 aromatic rings. The zero-order chi connectivity index (χ0) is 19.0. The average molecular weight is 372 g/mol. The normalized spacial score (nSPS) is 30.7. The lowest BCUT2D eigenvalue weighted by Crippen LogP contribution is -2.51. The summed E-state index contributed by atoms with van der Waals surface area (Å²) in [5.41, 5.74) is 0.114. The third kappa shape index (κ3) is 3.82. The third-order valence-electron chi connectivity index (χ3n) is 6.45. The van der Waals surface area contributed by atoms with Crippen LogP contribution in [0.2, 0.25) is 0 Å². The quantitative estimate of drug-likeness (QED) is 0.470. The van der Waals surface area contributed by atoms with Crippen LogP contribution >= 0.6 is 0 Å². The smallest absolute Gasteiger partial charge is 0.338 e. The van der Waals surface area contributed by atoms with Crippen molar-refractivity contribution in [1.82, 2.24) is 5.32 Å². The second-order valence-electron chi connectivity index (χ2n) is 8.58. The minimum absolute atomic E-state index is 0.0677. The van der Waals surface area contributed by atoms with Gasteiger partial charge in [0.25, 0.3) is 11.6 Å². The average Bonchev–Trinajstić information content (AvgIpc) is 2.63. The first-order chi connectivity index (χ1) is 12.9. The summed E-state index contributed by atoms with van der Waals surface area (Å²) in [6.07, 6.45) is 7.67. The summed E-state index contributed by atoms with van der Waals surface area (Å²) >= 11 is 0. The fourth-order valence-electron chi connectivity index (χ4n) is 5.80. The van der Waals surface area contributed by atoms with Crippen LogP contribution in [0.5, 0.6) is 0 Å². The second kappa shape index (κ2) is 6.94. The minimum Gasteiger partial charge on any atom is -0.452 e. The van der Waals surface area contributed by atoms with E-state index in [9.17, 15) is 19.7 Å². The lowest BCUT2D eigenvalue weighted by atomic mass is 9.49. The molecule has 1 aromatic carbocycles. The third-order valence-corrected chi connectivity index (χ3v) is 6.45. The summed E-state index contributed by atoms with van der Waals surface area (Å²) < 4.78 is 5.02. The van der Waals surface area contributed by atoms with Crippen LogP contribution in [0, 0.1) is 33.3 Å². The molecule has 4 saturated carbocycles. The van der Waals surface area contributed by atoms with Gasteiger partial charge in [0.2, 0.25) is 0 Å². The van der Waals surface area contributed by atoms with Gasteiger partial charge < -0.3 is 10.1 Å². The van der Waals surface area contributed by atoms with E-state index in [0.717, 1.165) is 23.8 Å². The van der Waals surface area contributed by atoms with Crippen molar-refractivity contribution in [3.8, 4) is 0 Å². The maximum Gasteiger partial charge on any atom is 0.338 e. The number of carbonyl (C=O) groups is 2. The van der Waals surface area contributed by atoms with Gasteiger partial charge in [-0.05, 0) is 67.8 Å². The molecule has 0 atom stereocenters. The Kier molecular flexibility index (Phi) is 4.61. The van der Waals surface area contributed by atoms with E-state index in [-0.39, 0.29) is 29.2 Å². The van der Waals surface area contributed by atoms with Gasteiger partial charge in [0.1, 0.15) is 0 Å². The topological polar surface area (TPSA) is 98.5 Å². The van der Waals surface area contributed by atoms with E-state index in [1.165, 1.54) is 56.7 Å². The summed E-state index contributed by atoms with van der Waals surface area (Å²) in [6, 6.07) is 5.30. The minimum atomic E-state index is -0.733. The molecule has 1 amide bonds. The fraction of sp³-hybridized carbons (Fsp3) is 0.600. The predicted molar refractivity (Wildman–Crippen MR) is 97.0 cm³/mol. The molecule has 1 N–H and O–H groups in total. The highest BCUT2D eigenvalue weighted by molar-refractivity contribution is 5.91. The lowest BCUT2D eigenvalue weighted by Gasteiger charge is -2.56. The van der Waals surface area contributed by atoms with Crippen molar-refractivity contribution in [2.24, 2.45) is 23.2 Å². The molecule has 4 aliphatic carbocycles. The first kappa shape index (κ1) is 17.9. The molecular formula is C20H24N2O5. The molecule has 27 heavy (non-hydrogen) atoms. The van der Waals surface area contributed by atoms with Crippen LogP contribution < -0.4 is 5.32 Å². The van der Waals surface area contributed by atoms with Crippen LogP contribution in [0.15, 0.2) is 24.3 Å². The fourth-order valence-corrected chi connectivity index (χ4v) is 5.80. The van der Waals surface area contributed by atoms with E-state index in [4.69, 9.17) is 4.74 Å². The van der Waals surface area contributed by atoms with Crippen molar-refractivity contribution in [3.63, 3.8) is 0 Å². The Balaban J connectivity index is 1.27. The van der Waals surface area contributed by atoms with Crippen LogP contribution in [0.25, 0.3) is 0 Å². The number of nitro benzene ring substituents is 1. The van der Waals surface area contributed by atoms with E-state index in [2.05, 4.69) is 5.32 Å². The van der Waals surface area contributed by atoms with Crippen molar-refractivity contribution in [1.29, 1.82) is 0 Å². The summed E-state index contributed by atoms with van der Waals surface area (Å²) in [5, 5.41) is 13.7. The number of rotatable bonds is 6. The highest BCUT2D eigenvalue weighted by Gasteiger charge is 2.50. The van der Waals surface area contributed by atoms with Gasteiger partial charge in [0, 0.05) is 18.7 Å². The molecule has 7 heteroatoms. The number of hydrogen-bond donors (Lipinski definition) is 1. The summed E-state index contributed by atoms with van der Waals surface area (Å²) in [7, 11) is 0. The van der Waals surface area contributed by atoms with Crippen molar-refractivity contribution in [3.05, 3.63) is 39.9 Å². The Morgan fingerprint density at radius 1 is 1.15 bits per heavy atom. The largest absolute Gasteiger partial charge is 0.452 e. The number of benzene rings is 1. The van der Waals surface area contributed by atoms with Crippen molar-refractivity contribution in [2.45, 2.75) is 38.5 Å². The summed E-state index contributed by atoms with van der Waals surface area (Å²) in [6.45, 7) is 0.289. The standard InChI is InChI=1S/C20H24N2O5/c23-18(11-27-19(24)16-2-1-3-17(7-16)22(25)26)21-12-20-8-13-4-14(9-20)6-15(5-13)10-20/h1-3,7,13-15H,4-6,8-12H2,(H,21,23). The van der Waals surface area contributed by atoms with E-state index >= 15 is 0 Å². The number of ether oxygens (including phenoxy) is 1. The second-order valence-corrected chi connectivity index (χ2v) is 8.58. The number of nitrogens with zero attached hydrogens (tertiary/aromatic N) is 1. The number of nitro groups is 1. The maximum atomic E-state index is 12.2. The number of amides is 1. The van der Waals surface area contributed by atoms with Gasteiger partial charge in [-0.3, -0.25) is 14.9 Å². The molecule has 0 spiro atoms. The van der Waals surface area contributed by atoms with E-state index in [1.807, 2.05) is 0 Å². The van der Waals surface area contributed by atoms with Gasteiger partial charge >= 0.3 is 5.97 Å². The Labute approximate surface area is 157 Å². The molecule has 0 radical (unpaired) electrons. The Morgan fingerprint density at radius 2 is 1.78 bits per heavy atom. The van der Waals surface area contributed by atoms with Gasteiger partial charge in [0.05, 0.1) is 10.5 Å². The van der Waals surface area contributed by atoms with Gasteiger partial charge in [0.15, 0.2) is 6.61 Å². The zero-order valence-electron chi connectivity index (χ0n) is 15.2. The highest BCUT2D eigenvalue weighted by Crippen LogP contribution is 2.59. The van der Waals surface area contributed by atoms with Crippen molar-refractivity contribution < 1.29 is 19.2 Å². The van der Waals surface area contributed by atoms with Gasteiger partial charge in [-0.2, -0.15) is 0 Å². The van der Waals surface area contributed by atoms with E-state index in [0.29, 0.717) is 6.54 Å². The van der Waals surface area contributed by atoms with Crippen LogP contribution in [-0.4, -0.2) is 30.0 Å². The molecule has 7 nitrogen and oxygen atoms in total. The monoisotopic (exact) mass is 372 g/mol. The Morgan fingerprint density at radius 3 is 2.37 bits per heavy atom. The predicted octanol–water partition coefficient (Wildman–Crippen LogP) is 3.08. The Bertz CT molecular complexity index is 740. The zero-order valence-corrected chi connectivity index (χ0v) is 15.2. The molecule has 4 fully saturated rings. The number of carbonyl (C=O) groups excluding carboxylic acids is 2. The number of hydrogen-bond acceptors (Lipinski definition) is 5. The van der Waals surface area contributed by atoms with Gasteiger partial charge in [-0.25, -0.2) is 4.79 Å². The molecule has 0 saturated heterocycles. The molecule has 0 aliphatic heterocycles. The van der Waals surface area contributed by atoms with E-state index < -0.39 is 10.9 Å². The molecule has 4 aliphatic rings.